The standard InChI is InChI=1S/C20H41O6PSi2/c1-19(2,3)28(9,10)25-17-15(14-27(22,23-7)24-8)13-16(21)18(17)26-29(11,12)20(4,5)6/h13,17-18H,14H2,1-12H3/t17-,18-/m0/s1. The van der Waals surface area contributed by atoms with Gasteiger partial charge in [0.1, 0.15) is 12.2 Å². The van der Waals surface area contributed by atoms with Crippen molar-refractivity contribution < 1.29 is 27.3 Å². The summed E-state index contributed by atoms with van der Waals surface area (Å²) in [6.45, 7) is 21.4. The first-order chi connectivity index (χ1) is 12.8. The molecule has 29 heavy (non-hydrogen) atoms. The third-order valence-corrected chi connectivity index (χ3v) is 17.4. The SMILES string of the molecule is COP(=O)(CC1=CC(=O)[C@H](O[Si](C)(C)C(C)(C)C)[C@H]1O[Si](C)(C)C(C)(C)C)OC. The molecule has 0 unspecified atom stereocenters. The summed E-state index contributed by atoms with van der Waals surface area (Å²) in [6.07, 6.45) is 0.251. The Bertz CT molecular complexity index is 680. The maximum atomic E-state index is 13.0. The van der Waals surface area contributed by atoms with Crippen LogP contribution in [-0.4, -0.2) is 55.0 Å². The van der Waals surface area contributed by atoms with Crippen LogP contribution >= 0.6 is 7.60 Å². The van der Waals surface area contributed by atoms with Crippen molar-refractivity contribution in [2.24, 2.45) is 0 Å². The van der Waals surface area contributed by atoms with Crippen molar-refractivity contribution in [1.29, 1.82) is 0 Å². The van der Waals surface area contributed by atoms with Crippen molar-refractivity contribution >= 4 is 30.0 Å². The van der Waals surface area contributed by atoms with Gasteiger partial charge in [-0.05, 0) is 47.9 Å². The van der Waals surface area contributed by atoms with Gasteiger partial charge in [0, 0.05) is 14.2 Å². The molecule has 0 N–H and O–H groups in total. The fourth-order valence-electron chi connectivity index (χ4n) is 2.50. The second kappa shape index (κ2) is 8.81. The summed E-state index contributed by atoms with van der Waals surface area (Å²) in [5.41, 5.74) is 0.635. The van der Waals surface area contributed by atoms with Crippen LogP contribution in [0.4, 0.5) is 0 Å². The van der Waals surface area contributed by atoms with Crippen LogP contribution in [0.15, 0.2) is 11.6 Å². The lowest BCUT2D eigenvalue weighted by Gasteiger charge is -2.43. The van der Waals surface area contributed by atoms with Crippen molar-refractivity contribution in [3.8, 4) is 0 Å². The molecule has 0 saturated carbocycles. The van der Waals surface area contributed by atoms with E-state index in [1.165, 1.54) is 20.3 Å². The van der Waals surface area contributed by atoms with E-state index >= 15 is 0 Å². The molecule has 0 aromatic carbocycles. The Kier molecular flexibility index (Phi) is 8.18. The predicted molar refractivity (Wildman–Crippen MR) is 124 cm³/mol. The lowest BCUT2D eigenvalue weighted by atomic mass is 10.2. The lowest BCUT2D eigenvalue weighted by molar-refractivity contribution is -0.123. The second-order valence-corrected chi connectivity index (χ2v) is 22.6. The van der Waals surface area contributed by atoms with Gasteiger partial charge in [-0.3, -0.25) is 9.36 Å². The Labute approximate surface area is 179 Å². The molecule has 2 atom stereocenters. The van der Waals surface area contributed by atoms with E-state index in [4.69, 9.17) is 17.9 Å². The summed E-state index contributed by atoms with van der Waals surface area (Å²) in [5.74, 6) is -0.132. The summed E-state index contributed by atoms with van der Waals surface area (Å²) in [6, 6.07) is 0. The van der Waals surface area contributed by atoms with Crippen LogP contribution in [0.1, 0.15) is 41.5 Å². The first kappa shape index (κ1) is 26.9. The molecule has 1 aliphatic carbocycles. The minimum atomic E-state index is -3.34. The van der Waals surface area contributed by atoms with Gasteiger partial charge in [-0.1, -0.05) is 41.5 Å². The molecule has 0 heterocycles. The molecular formula is C20H41O6PSi2. The zero-order chi connectivity index (χ0) is 23.1. The highest BCUT2D eigenvalue weighted by atomic mass is 31.2. The van der Waals surface area contributed by atoms with Gasteiger partial charge in [0.2, 0.25) is 0 Å². The lowest BCUT2D eigenvalue weighted by Crippen LogP contribution is -2.52. The number of rotatable bonds is 8. The molecule has 0 saturated heterocycles. The normalized spacial score (nSPS) is 22.2. The first-order valence-corrected chi connectivity index (χ1v) is 17.7. The maximum Gasteiger partial charge on any atom is 0.334 e. The van der Waals surface area contributed by atoms with E-state index in [9.17, 15) is 9.36 Å². The largest absolute Gasteiger partial charge is 0.407 e. The highest BCUT2D eigenvalue weighted by Gasteiger charge is 2.50. The quantitative estimate of drug-likeness (QED) is 0.336. The second-order valence-electron chi connectivity index (χ2n) is 10.9. The Morgan fingerprint density at radius 3 is 1.59 bits per heavy atom. The Balaban J connectivity index is 3.35. The van der Waals surface area contributed by atoms with Crippen molar-refractivity contribution in [3.05, 3.63) is 11.6 Å². The van der Waals surface area contributed by atoms with E-state index in [1.807, 2.05) is 0 Å². The zero-order valence-electron chi connectivity index (χ0n) is 20.3. The van der Waals surface area contributed by atoms with Crippen molar-refractivity contribution in [2.75, 3.05) is 20.4 Å². The topological polar surface area (TPSA) is 71.1 Å². The minimum absolute atomic E-state index is 0.0163. The van der Waals surface area contributed by atoms with Crippen LogP contribution in [-0.2, 0) is 27.3 Å². The molecule has 0 aromatic heterocycles. The molecule has 0 fully saturated rings. The fourth-order valence-corrected chi connectivity index (χ4v) is 6.12. The summed E-state index contributed by atoms with van der Waals surface area (Å²) in [7, 11) is -5.09. The van der Waals surface area contributed by atoms with Gasteiger partial charge in [-0.2, -0.15) is 0 Å². The van der Waals surface area contributed by atoms with Crippen LogP contribution in [0, 0.1) is 0 Å². The number of ketones is 1. The van der Waals surface area contributed by atoms with Crippen LogP contribution in [0.25, 0.3) is 0 Å². The number of carbonyl (C=O) groups excluding carboxylic acids is 1. The zero-order valence-corrected chi connectivity index (χ0v) is 23.2. The molecule has 9 heteroatoms. The average molecular weight is 465 g/mol. The van der Waals surface area contributed by atoms with Gasteiger partial charge in [-0.25, -0.2) is 0 Å². The molecule has 170 valence electrons. The van der Waals surface area contributed by atoms with E-state index < -0.39 is 36.4 Å². The number of hydrogen-bond acceptors (Lipinski definition) is 6. The molecule has 1 aliphatic rings. The fraction of sp³-hybridized carbons (Fsp3) is 0.850. The smallest absolute Gasteiger partial charge is 0.334 e. The first-order valence-electron chi connectivity index (χ1n) is 10.1. The molecular weight excluding hydrogens is 423 g/mol. The third-order valence-electron chi connectivity index (χ3n) is 6.64. The van der Waals surface area contributed by atoms with E-state index in [1.54, 1.807) is 0 Å². The van der Waals surface area contributed by atoms with Gasteiger partial charge >= 0.3 is 7.60 Å². The summed E-state index contributed by atoms with van der Waals surface area (Å²) < 4.78 is 36.2. The molecule has 0 aliphatic heterocycles. The van der Waals surface area contributed by atoms with Crippen molar-refractivity contribution in [1.82, 2.24) is 0 Å². The van der Waals surface area contributed by atoms with Crippen LogP contribution in [0.2, 0.25) is 36.3 Å². The van der Waals surface area contributed by atoms with Crippen molar-refractivity contribution in [2.45, 2.75) is 90.0 Å². The van der Waals surface area contributed by atoms with Crippen LogP contribution in [0.3, 0.4) is 0 Å². The van der Waals surface area contributed by atoms with Crippen LogP contribution < -0.4 is 0 Å². The van der Waals surface area contributed by atoms with Gasteiger partial charge in [-0.15, -0.1) is 0 Å². The molecule has 1 rings (SSSR count). The van der Waals surface area contributed by atoms with Crippen molar-refractivity contribution in [3.63, 3.8) is 0 Å². The Morgan fingerprint density at radius 2 is 1.24 bits per heavy atom. The molecule has 0 amide bonds. The molecule has 6 nitrogen and oxygen atoms in total. The summed E-state index contributed by atoms with van der Waals surface area (Å²) in [5, 5.41) is -0.0939. The molecule has 0 spiro atoms. The number of carbonyl (C=O) groups is 1. The van der Waals surface area contributed by atoms with E-state index in [-0.39, 0.29) is 22.0 Å². The highest BCUT2D eigenvalue weighted by molar-refractivity contribution is 7.54. The molecule has 0 radical (unpaired) electrons. The van der Waals surface area contributed by atoms with E-state index in [0.717, 1.165) is 0 Å². The van der Waals surface area contributed by atoms with Crippen LogP contribution in [0.5, 0.6) is 0 Å². The Morgan fingerprint density at radius 1 is 0.862 bits per heavy atom. The average Bonchev–Trinajstić information content (AvgIpc) is 2.80. The van der Waals surface area contributed by atoms with E-state index in [0.29, 0.717) is 5.57 Å². The monoisotopic (exact) mass is 464 g/mol. The van der Waals surface area contributed by atoms with E-state index in [2.05, 4.69) is 67.7 Å². The third kappa shape index (κ3) is 6.22. The number of hydrogen-bond donors (Lipinski definition) is 0. The maximum absolute atomic E-state index is 13.0. The van der Waals surface area contributed by atoms with Gasteiger partial charge in [0.25, 0.3) is 0 Å². The molecule has 0 bridgehead atoms. The molecule has 0 aromatic rings. The van der Waals surface area contributed by atoms with Gasteiger partial charge in [0.15, 0.2) is 22.4 Å². The summed E-state index contributed by atoms with van der Waals surface area (Å²) in [4.78, 5) is 13.0. The highest BCUT2D eigenvalue weighted by Crippen LogP contribution is 2.51. The van der Waals surface area contributed by atoms with Gasteiger partial charge in [0.05, 0.1) is 6.16 Å². The Hall–Kier alpha value is -0.0862. The van der Waals surface area contributed by atoms with Gasteiger partial charge < -0.3 is 17.9 Å². The predicted octanol–water partition coefficient (Wildman–Crippen LogP) is 5.76. The summed E-state index contributed by atoms with van der Waals surface area (Å²) >= 11 is 0. The minimum Gasteiger partial charge on any atom is -0.407 e.